The molecule has 1 amide bonds. The van der Waals surface area contributed by atoms with Crippen LogP contribution >= 0.6 is 28.3 Å². The average molecular weight is 398 g/mol. The lowest BCUT2D eigenvalue weighted by Gasteiger charge is -2.14. The maximum atomic E-state index is 11.8. The summed E-state index contributed by atoms with van der Waals surface area (Å²) in [6.45, 7) is 0.685. The number of ether oxygens (including phenoxy) is 3. The van der Waals surface area contributed by atoms with Crippen LogP contribution in [0.1, 0.15) is 12.0 Å². The van der Waals surface area contributed by atoms with Crippen LogP contribution < -0.4 is 20.5 Å². The molecule has 0 aliphatic heterocycles. The Kier molecular flexibility index (Phi) is 10.2. The molecule has 1 unspecified atom stereocenters. The van der Waals surface area contributed by atoms with E-state index >= 15 is 0 Å². The van der Waals surface area contributed by atoms with Gasteiger partial charge in [0.2, 0.25) is 5.91 Å². The molecule has 6 nitrogen and oxygen atoms in total. The molecule has 0 saturated carbocycles. The van der Waals surface area contributed by atoms with E-state index in [2.05, 4.69) is 21.2 Å². The standard InChI is InChI=1S/C14H21BrN2O4.ClH/c1-19-10(7-16)5-14(18)17-8-9-4-12(20-2)13(21-3)6-11(9)15;/h4,6,10H,5,7-8,16H2,1-3H3,(H,17,18);1H. The highest BCUT2D eigenvalue weighted by molar-refractivity contribution is 9.10. The second-order valence-corrected chi connectivity index (χ2v) is 5.23. The second-order valence-electron chi connectivity index (χ2n) is 4.37. The Morgan fingerprint density at radius 3 is 2.36 bits per heavy atom. The summed E-state index contributed by atoms with van der Waals surface area (Å²) in [7, 11) is 4.68. The maximum Gasteiger partial charge on any atom is 0.222 e. The summed E-state index contributed by atoms with van der Waals surface area (Å²) in [4.78, 5) is 11.8. The third-order valence-corrected chi connectivity index (χ3v) is 3.78. The van der Waals surface area contributed by atoms with Gasteiger partial charge in [0.15, 0.2) is 11.5 Å². The Balaban J connectivity index is 0.00000441. The van der Waals surface area contributed by atoms with Crippen LogP contribution in [0.25, 0.3) is 0 Å². The normalized spacial score (nSPS) is 11.3. The summed E-state index contributed by atoms with van der Waals surface area (Å²) in [6, 6.07) is 3.62. The molecule has 0 aliphatic carbocycles. The number of carbonyl (C=O) groups excluding carboxylic acids is 1. The molecule has 0 fully saturated rings. The van der Waals surface area contributed by atoms with E-state index in [-0.39, 0.29) is 30.8 Å². The van der Waals surface area contributed by atoms with Crippen molar-refractivity contribution in [2.24, 2.45) is 5.73 Å². The Bertz CT molecular complexity index is 484. The first-order chi connectivity index (χ1) is 10.0. The quantitative estimate of drug-likeness (QED) is 0.700. The molecular formula is C14H22BrClN2O4. The maximum absolute atomic E-state index is 11.8. The van der Waals surface area contributed by atoms with Crippen molar-refractivity contribution in [2.75, 3.05) is 27.9 Å². The van der Waals surface area contributed by atoms with E-state index in [0.717, 1.165) is 10.0 Å². The van der Waals surface area contributed by atoms with E-state index < -0.39 is 0 Å². The van der Waals surface area contributed by atoms with Gasteiger partial charge in [-0.05, 0) is 17.7 Å². The lowest BCUT2D eigenvalue weighted by Crippen LogP contribution is -2.32. The minimum absolute atomic E-state index is 0. The summed E-state index contributed by atoms with van der Waals surface area (Å²) in [5, 5.41) is 2.83. The molecule has 0 aromatic heterocycles. The predicted molar refractivity (Wildman–Crippen MR) is 90.8 cm³/mol. The molecular weight excluding hydrogens is 376 g/mol. The Morgan fingerprint density at radius 2 is 1.86 bits per heavy atom. The molecule has 1 atom stereocenters. The zero-order valence-corrected chi connectivity index (χ0v) is 15.3. The van der Waals surface area contributed by atoms with Crippen LogP contribution in [-0.2, 0) is 16.1 Å². The Morgan fingerprint density at radius 1 is 1.27 bits per heavy atom. The number of amides is 1. The van der Waals surface area contributed by atoms with Gasteiger partial charge >= 0.3 is 0 Å². The molecule has 1 aromatic rings. The Labute approximate surface area is 145 Å². The van der Waals surface area contributed by atoms with Gasteiger partial charge in [-0.3, -0.25) is 4.79 Å². The molecule has 0 bridgehead atoms. The molecule has 3 N–H and O–H groups in total. The molecule has 1 rings (SSSR count). The van der Waals surface area contributed by atoms with Crippen molar-refractivity contribution >= 4 is 34.2 Å². The first-order valence-corrected chi connectivity index (χ1v) is 7.24. The molecule has 1 aromatic carbocycles. The van der Waals surface area contributed by atoms with Crippen LogP contribution in [0, 0.1) is 0 Å². The van der Waals surface area contributed by atoms with E-state index in [9.17, 15) is 4.79 Å². The average Bonchev–Trinajstić information content (AvgIpc) is 2.50. The number of hydrogen-bond acceptors (Lipinski definition) is 5. The van der Waals surface area contributed by atoms with E-state index in [4.69, 9.17) is 19.9 Å². The topological polar surface area (TPSA) is 82.8 Å². The van der Waals surface area contributed by atoms with E-state index in [1.165, 1.54) is 7.11 Å². The number of rotatable bonds is 8. The van der Waals surface area contributed by atoms with Crippen LogP contribution in [-0.4, -0.2) is 39.9 Å². The van der Waals surface area contributed by atoms with Crippen LogP contribution in [0.4, 0.5) is 0 Å². The summed E-state index contributed by atoms with van der Waals surface area (Å²) in [6.07, 6.45) is -0.0309. The number of nitrogens with two attached hydrogens (primary N) is 1. The van der Waals surface area contributed by atoms with Crippen molar-refractivity contribution in [3.8, 4) is 11.5 Å². The highest BCUT2D eigenvalue weighted by Crippen LogP contribution is 2.33. The number of methoxy groups -OCH3 is 3. The molecule has 0 radical (unpaired) electrons. The SMILES string of the molecule is COc1cc(Br)c(CNC(=O)CC(CN)OC)cc1OC.Cl. The van der Waals surface area contributed by atoms with Crippen molar-refractivity contribution in [3.05, 3.63) is 22.2 Å². The van der Waals surface area contributed by atoms with E-state index in [1.54, 1.807) is 20.3 Å². The highest BCUT2D eigenvalue weighted by Gasteiger charge is 2.13. The van der Waals surface area contributed by atoms with Crippen molar-refractivity contribution in [1.29, 1.82) is 0 Å². The minimum Gasteiger partial charge on any atom is -0.493 e. The van der Waals surface area contributed by atoms with Crippen molar-refractivity contribution in [2.45, 2.75) is 19.1 Å². The van der Waals surface area contributed by atoms with E-state index in [1.807, 2.05) is 6.07 Å². The number of hydrogen-bond donors (Lipinski definition) is 2. The van der Waals surface area contributed by atoms with Crippen LogP contribution in [0.3, 0.4) is 0 Å². The first kappa shape index (κ1) is 21.0. The van der Waals surface area contributed by atoms with Crippen molar-refractivity contribution in [3.63, 3.8) is 0 Å². The zero-order valence-electron chi connectivity index (χ0n) is 12.8. The molecule has 0 heterocycles. The molecule has 126 valence electrons. The smallest absolute Gasteiger partial charge is 0.222 e. The summed E-state index contributed by atoms with van der Waals surface area (Å²) in [5.74, 6) is 1.12. The summed E-state index contributed by atoms with van der Waals surface area (Å²) in [5.41, 5.74) is 6.38. The molecule has 0 saturated heterocycles. The lowest BCUT2D eigenvalue weighted by atomic mass is 10.2. The summed E-state index contributed by atoms with van der Waals surface area (Å²) < 4.78 is 16.4. The van der Waals surface area contributed by atoms with Crippen LogP contribution in [0.15, 0.2) is 16.6 Å². The fourth-order valence-corrected chi connectivity index (χ4v) is 2.23. The van der Waals surface area contributed by atoms with Gasteiger partial charge in [-0.1, -0.05) is 15.9 Å². The van der Waals surface area contributed by atoms with Crippen molar-refractivity contribution in [1.82, 2.24) is 5.32 Å². The first-order valence-electron chi connectivity index (χ1n) is 6.45. The van der Waals surface area contributed by atoms with Gasteiger partial charge in [0.1, 0.15) is 0 Å². The largest absolute Gasteiger partial charge is 0.493 e. The Hall–Kier alpha value is -1.02. The fourth-order valence-electron chi connectivity index (χ4n) is 1.77. The van der Waals surface area contributed by atoms with Gasteiger partial charge < -0.3 is 25.3 Å². The third-order valence-electron chi connectivity index (χ3n) is 3.04. The predicted octanol–water partition coefficient (Wildman–Crippen LogP) is 1.87. The molecule has 22 heavy (non-hydrogen) atoms. The van der Waals surface area contributed by atoms with Gasteiger partial charge in [0.25, 0.3) is 0 Å². The summed E-state index contributed by atoms with van der Waals surface area (Å²) >= 11 is 3.45. The monoisotopic (exact) mass is 396 g/mol. The lowest BCUT2D eigenvalue weighted by molar-refractivity contribution is -0.123. The number of nitrogens with one attached hydrogen (secondary N) is 1. The number of halogens is 2. The van der Waals surface area contributed by atoms with Gasteiger partial charge in [0.05, 0.1) is 26.7 Å². The molecule has 0 aliphatic rings. The molecule has 8 heteroatoms. The number of benzene rings is 1. The van der Waals surface area contributed by atoms with Crippen LogP contribution in [0.5, 0.6) is 11.5 Å². The zero-order chi connectivity index (χ0) is 15.8. The van der Waals surface area contributed by atoms with Gasteiger partial charge in [-0.15, -0.1) is 12.4 Å². The third kappa shape index (κ3) is 6.00. The van der Waals surface area contributed by atoms with Gasteiger partial charge in [-0.25, -0.2) is 0 Å². The minimum atomic E-state index is -0.265. The fraction of sp³-hybridized carbons (Fsp3) is 0.500. The molecule has 0 spiro atoms. The van der Waals surface area contributed by atoms with Crippen molar-refractivity contribution < 1.29 is 19.0 Å². The highest BCUT2D eigenvalue weighted by atomic mass is 79.9. The van der Waals surface area contributed by atoms with E-state index in [0.29, 0.717) is 24.6 Å². The number of carbonyl (C=O) groups is 1. The van der Waals surface area contributed by atoms with Gasteiger partial charge in [0, 0.05) is 24.7 Å². The van der Waals surface area contributed by atoms with Gasteiger partial charge in [-0.2, -0.15) is 0 Å². The second kappa shape index (κ2) is 10.7. The van der Waals surface area contributed by atoms with Crippen LogP contribution in [0.2, 0.25) is 0 Å².